The predicted octanol–water partition coefficient (Wildman–Crippen LogP) is 1.40. The summed E-state index contributed by atoms with van der Waals surface area (Å²) in [5.41, 5.74) is -0.937. The first-order chi connectivity index (χ1) is 11.3. The molecule has 0 saturated carbocycles. The lowest BCUT2D eigenvalue weighted by Crippen LogP contribution is -2.49. The molecule has 1 aliphatic rings. The summed E-state index contributed by atoms with van der Waals surface area (Å²) in [6.45, 7) is 5.29. The molecule has 1 saturated heterocycles. The number of β-amino-alcohol motifs (C(OH)–C–C–N with tert-alkyl or cyclic N) is 1. The van der Waals surface area contributed by atoms with Crippen LogP contribution in [-0.4, -0.2) is 53.8 Å². The van der Waals surface area contributed by atoms with Crippen LogP contribution in [0.3, 0.4) is 0 Å². The van der Waals surface area contributed by atoms with E-state index in [1.54, 1.807) is 38.3 Å². The molecule has 0 radical (unpaired) electrons. The Bertz CT molecular complexity index is 602. The topological polar surface area (TPSA) is 88.1 Å². The lowest BCUT2D eigenvalue weighted by molar-refractivity contribution is -0.133. The lowest BCUT2D eigenvalue weighted by Gasteiger charge is -2.26. The molecule has 0 aliphatic carbocycles. The summed E-state index contributed by atoms with van der Waals surface area (Å²) in [5.74, 6) is 0.895. The number of carbonyl (C=O) groups is 2. The number of aliphatic hydroxyl groups is 1. The number of nitrogens with zero attached hydrogens (tertiary/aromatic N) is 1. The summed E-state index contributed by atoms with van der Waals surface area (Å²) in [6, 6.07) is 6.43. The van der Waals surface area contributed by atoms with Gasteiger partial charge >= 0.3 is 6.03 Å². The van der Waals surface area contributed by atoms with Crippen molar-refractivity contribution in [2.75, 3.05) is 20.3 Å². The van der Waals surface area contributed by atoms with Crippen molar-refractivity contribution in [3.8, 4) is 11.5 Å². The van der Waals surface area contributed by atoms with Gasteiger partial charge in [0.1, 0.15) is 29.7 Å². The summed E-state index contributed by atoms with van der Waals surface area (Å²) in [6.07, 6.45) is -0.976. The van der Waals surface area contributed by atoms with E-state index >= 15 is 0 Å². The second kappa shape index (κ2) is 7.09. The molecule has 2 rings (SSSR count). The van der Waals surface area contributed by atoms with Crippen molar-refractivity contribution in [3.63, 3.8) is 0 Å². The summed E-state index contributed by atoms with van der Waals surface area (Å²) < 4.78 is 10.5. The van der Waals surface area contributed by atoms with Gasteiger partial charge in [0.05, 0.1) is 13.7 Å². The van der Waals surface area contributed by atoms with Crippen LogP contribution in [0.4, 0.5) is 4.79 Å². The average molecular weight is 336 g/mol. The maximum Gasteiger partial charge on any atom is 0.325 e. The van der Waals surface area contributed by atoms with E-state index in [1.165, 1.54) is 0 Å². The standard InChI is InChI=1S/C17H24N2O5/c1-11(2)17(3)15(21)19(16(22)18-17)9-12(20)10-24-14-7-5-13(23-4)6-8-14/h5-8,11-12,20H,9-10H2,1-4H3,(H,18,22)/t12-,17-/m1/s1. The normalized spacial score (nSPS) is 21.8. The predicted molar refractivity (Wildman–Crippen MR) is 88.0 cm³/mol. The zero-order valence-electron chi connectivity index (χ0n) is 14.4. The largest absolute Gasteiger partial charge is 0.497 e. The minimum Gasteiger partial charge on any atom is -0.497 e. The first-order valence-electron chi connectivity index (χ1n) is 7.87. The van der Waals surface area contributed by atoms with Gasteiger partial charge in [0, 0.05) is 0 Å². The number of amides is 3. The fourth-order valence-corrected chi connectivity index (χ4v) is 2.40. The van der Waals surface area contributed by atoms with E-state index in [4.69, 9.17) is 9.47 Å². The molecule has 2 atom stereocenters. The fourth-order valence-electron chi connectivity index (χ4n) is 2.40. The monoisotopic (exact) mass is 336 g/mol. The number of aliphatic hydroxyl groups excluding tert-OH is 1. The summed E-state index contributed by atoms with van der Waals surface area (Å²) in [4.78, 5) is 25.5. The van der Waals surface area contributed by atoms with Crippen molar-refractivity contribution in [1.82, 2.24) is 10.2 Å². The van der Waals surface area contributed by atoms with Gasteiger partial charge in [-0.1, -0.05) is 13.8 Å². The lowest BCUT2D eigenvalue weighted by atomic mass is 9.88. The zero-order valence-corrected chi connectivity index (χ0v) is 14.4. The van der Waals surface area contributed by atoms with Gasteiger partial charge in [-0.25, -0.2) is 4.79 Å². The molecule has 1 aliphatic heterocycles. The Balaban J connectivity index is 1.91. The molecule has 2 N–H and O–H groups in total. The molecular weight excluding hydrogens is 312 g/mol. The van der Waals surface area contributed by atoms with Gasteiger partial charge in [0.2, 0.25) is 0 Å². The Morgan fingerprint density at radius 1 is 1.21 bits per heavy atom. The van der Waals surface area contributed by atoms with Crippen molar-refractivity contribution in [3.05, 3.63) is 24.3 Å². The van der Waals surface area contributed by atoms with Gasteiger partial charge in [0.25, 0.3) is 5.91 Å². The maximum atomic E-state index is 12.4. The molecule has 0 aromatic heterocycles. The van der Waals surface area contributed by atoms with Crippen LogP contribution >= 0.6 is 0 Å². The first kappa shape index (κ1) is 18.1. The second-order valence-corrected chi connectivity index (χ2v) is 6.34. The van der Waals surface area contributed by atoms with Crippen LogP contribution in [0.2, 0.25) is 0 Å². The van der Waals surface area contributed by atoms with E-state index in [0.29, 0.717) is 11.5 Å². The smallest absolute Gasteiger partial charge is 0.325 e. The van der Waals surface area contributed by atoms with Crippen LogP contribution in [0.1, 0.15) is 20.8 Å². The van der Waals surface area contributed by atoms with Crippen molar-refractivity contribution in [2.45, 2.75) is 32.4 Å². The van der Waals surface area contributed by atoms with Crippen LogP contribution < -0.4 is 14.8 Å². The number of benzene rings is 1. The minimum atomic E-state index is -0.976. The maximum absolute atomic E-state index is 12.4. The van der Waals surface area contributed by atoms with E-state index in [-0.39, 0.29) is 25.0 Å². The van der Waals surface area contributed by atoms with Crippen molar-refractivity contribution < 1.29 is 24.2 Å². The number of methoxy groups -OCH3 is 1. The van der Waals surface area contributed by atoms with Gasteiger partial charge in [-0.2, -0.15) is 0 Å². The van der Waals surface area contributed by atoms with E-state index in [2.05, 4.69) is 5.32 Å². The van der Waals surface area contributed by atoms with Gasteiger partial charge in [-0.05, 0) is 37.1 Å². The summed E-state index contributed by atoms with van der Waals surface area (Å²) in [5, 5.41) is 12.8. The first-order valence-corrected chi connectivity index (χ1v) is 7.87. The molecule has 1 heterocycles. The highest BCUT2D eigenvalue weighted by Crippen LogP contribution is 2.25. The van der Waals surface area contributed by atoms with Gasteiger partial charge in [-0.3, -0.25) is 9.69 Å². The van der Waals surface area contributed by atoms with Gasteiger partial charge in [0.15, 0.2) is 0 Å². The Hall–Kier alpha value is -2.28. The molecule has 0 unspecified atom stereocenters. The van der Waals surface area contributed by atoms with Crippen molar-refractivity contribution in [2.24, 2.45) is 5.92 Å². The number of rotatable bonds is 7. The SMILES string of the molecule is COc1ccc(OC[C@H](O)CN2C(=O)N[C@](C)(C(C)C)C2=O)cc1. The Morgan fingerprint density at radius 2 is 1.79 bits per heavy atom. The molecule has 0 spiro atoms. The summed E-state index contributed by atoms with van der Waals surface area (Å²) in [7, 11) is 1.57. The molecule has 24 heavy (non-hydrogen) atoms. The van der Waals surface area contributed by atoms with E-state index in [1.807, 2.05) is 13.8 Å². The van der Waals surface area contributed by atoms with Crippen molar-refractivity contribution >= 4 is 11.9 Å². The Kier molecular flexibility index (Phi) is 5.33. The average Bonchev–Trinajstić information content (AvgIpc) is 2.78. The third kappa shape index (κ3) is 3.62. The second-order valence-electron chi connectivity index (χ2n) is 6.34. The van der Waals surface area contributed by atoms with Gasteiger partial charge < -0.3 is 19.9 Å². The molecule has 132 valence electrons. The van der Waals surface area contributed by atoms with Gasteiger partial charge in [-0.15, -0.1) is 0 Å². The molecule has 1 fully saturated rings. The number of imide groups is 1. The summed E-state index contributed by atoms with van der Waals surface area (Å²) >= 11 is 0. The van der Waals surface area contributed by atoms with Crippen LogP contribution in [0, 0.1) is 5.92 Å². The number of hydrogen-bond acceptors (Lipinski definition) is 5. The number of hydrogen-bond donors (Lipinski definition) is 2. The third-order valence-electron chi connectivity index (χ3n) is 4.35. The minimum absolute atomic E-state index is 0.0260. The number of urea groups is 1. The number of nitrogens with one attached hydrogen (secondary N) is 1. The highest BCUT2D eigenvalue weighted by molar-refractivity contribution is 6.06. The van der Waals surface area contributed by atoms with E-state index < -0.39 is 17.7 Å². The quantitative estimate of drug-likeness (QED) is 0.735. The van der Waals surface area contributed by atoms with Crippen LogP contribution in [0.15, 0.2) is 24.3 Å². The van der Waals surface area contributed by atoms with Crippen LogP contribution in [0.5, 0.6) is 11.5 Å². The molecule has 7 nitrogen and oxygen atoms in total. The molecule has 1 aromatic rings. The zero-order chi connectivity index (χ0) is 17.9. The molecule has 7 heteroatoms. The number of carbonyl (C=O) groups excluding carboxylic acids is 2. The molecule has 1 aromatic carbocycles. The van der Waals surface area contributed by atoms with Crippen LogP contribution in [0.25, 0.3) is 0 Å². The molecule has 3 amide bonds. The van der Waals surface area contributed by atoms with Crippen molar-refractivity contribution in [1.29, 1.82) is 0 Å². The number of ether oxygens (including phenoxy) is 2. The van der Waals surface area contributed by atoms with E-state index in [0.717, 1.165) is 4.90 Å². The Morgan fingerprint density at radius 3 is 2.29 bits per heavy atom. The highest BCUT2D eigenvalue weighted by atomic mass is 16.5. The Labute approximate surface area is 141 Å². The van der Waals surface area contributed by atoms with Crippen LogP contribution in [-0.2, 0) is 4.79 Å². The third-order valence-corrected chi connectivity index (χ3v) is 4.35. The fraction of sp³-hybridized carbons (Fsp3) is 0.529. The molecule has 0 bridgehead atoms. The van der Waals surface area contributed by atoms with E-state index in [9.17, 15) is 14.7 Å². The highest BCUT2D eigenvalue weighted by Gasteiger charge is 2.49. The molecular formula is C17H24N2O5.